The van der Waals surface area contributed by atoms with Crippen LogP contribution < -0.4 is 0 Å². The highest BCUT2D eigenvalue weighted by Gasteiger charge is 2.42. The predicted molar refractivity (Wildman–Crippen MR) is 51.3 cm³/mol. The van der Waals surface area contributed by atoms with Crippen molar-refractivity contribution in [2.24, 2.45) is 17.8 Å². The fraction of sp³-hybridized carbons (Fsp3) is 1.00. The zero-order valence-electron chi connectivity index (χ0n) is 6.84. The Morgan fingerprint density at radius 1 is 1.20 bits per heavy atom. The summed E-state index contributed by atoms with van der Waals surface area (Å²) in [6, 6.07) is 0. The minimum absolute atomic E-state index is 1.06. The van der Waals surface area contributed by atoms with Crippen LogP contribution in [0.2, 0.25) is 0 Å². The summed E-state index contributed by atoms with van der Waals surface area (Å²) in [5.41, 5.74) is 0. The molecule has 58 valence electrons. The van der Waals surface area contributed by atoms with E-state index in [2.05, 4.69) is 18.1 Å². The van der Waals surface area contributed by atoms with E-state index in [1.807, 2.05) is 0 Å². The van der Waals surface area contributed by atoms with Crippen LogP contribution in [0.25, 0.3) is 0 Å². The highest BCUT2D eigenvalue weighted by atomic mass is 32.4. The van der Waals surface area contributed by atoms with Gasteiger partial charge in [-0.1, -0.05) is 6.92 Å². The van der Waals surface area contributed by atoms with Crippen LogP contribution in [0.5, 0.6) is 0 Å². The van der Waals surface area contributed by atoms with Gasteiger partial charge >= 0.3 is 0 Å². The number of hydrogen-bond donors (Lipinski definition) is 0. The SMILES string of the molecule is CC1CC2CC1CC2S[SiH3]. The third-order valence-corrected chi connectivity index (χ3v) is 6.45. The lowest BCUT2D eigenvalue weighted by molar-refractivity contribution is 0.367. The zero-order chi connectivity index (χ0) is 7.14. The topological polar surface area (TPSA) is 0 Å². The Morgan fingerprint density at radius 2 is 2.00 bits per heavy atom. The van der Waals surface area contributed by atoms with Crippen molar-refractivity contribution in [1.82, 2.24) is 0 Å². The first-order valence-electron chi connectivity index (χ1n) is 4.34. The summed E-state index contributed by atoms with van der Waals surface area (Å²) in [7, 11) is 1.35. The molecule has 0 aromatic carbocycles. The summed E-state index contributed by atoms with van der Waals surface area (Å²) in [4.78, 5) is 0. The number of rotatable bonds is 1. The van der Waals surface area contributed by atoms with Gasteiger partial charge in [0.05, 0.1) is 9.39 Å². The van der Waals surface area contributed by atoms with Crippen molar-refractivity contribution >= 4 is 20.6 Å². The van der Waals surface area contributed by atoms with Gasteiger partial charge in [-0.25, -0.2) is 0 Å². The molecule has 0 heterocycles. The van der Waals surface area contributed by atoms with Crippen LogP contribution in [0.15, 0.2) is 0 Å². The molecule has 0 saturated heterocycles. The van der Waals surface area contributed by atoms with Crippen LogP contribution in [0, 0.1) is 17.8 Å². The summed E-state index contributed by atoms with van der Waals surface area (Å²) in [5.74, 6) is 3.31. The molecule has 0 aromatic rings. The second-order valence-corrected chi connectivity index (χ2v) is 6.47. The normalized spacial score (nSPS) is 52.5. The van der Waals surface area contributed by atoms with Crippen LogP contribution in [0.4, 0.5) is 0 Å². The molecule has 2 aliphatic carbocycles. The van der Waals surface area contributed by atoms with E-state index in [-0.39, 0.29) is 0 Å². The van der Waals surface area contributed by atoms with Gasteiger partial charge in [-0.15, -0.1) is 0 Å². The van der Waals surface area contributed by atoms with Gasteiger partial charge in [-0.3, -0.25) is 0 Å². The number of fused-ring (bicyclic) bond motifs is 2. The van der Waals surface area contributed by atoms with Crippen molar-refractivity contribution in [3.63, 3.8) is 0 Å². The van der Waals surface area contributed by atoms with E-state index >= 15 is 0 Å². The molecule has 10 heavy (non-hydrogen) atoms. The fourth-order valence-electron chi connectivity index (χ4n) is 2.80. The third kappa shape index (κ3) is 0.963. The molecule has 2 rings (SSSR count). The Morgan fingerprint density at radius 3 is 2.40 bits per heavy atom. The van der Waals surface area contributed by atoms with Crippen LogP contribution in [0.3, 0.4) is 0 Å². The van der Waals surface area contributed by atoms with Crippen molar-refractivity contribution in [2.45, 2.75) is 31.4 Å². The molecule has 2 heteroatoms. The monoisotopic (exact) mass is 172 g/mol. The van der Waals surface area contributed by atoms with Crippen molar-refractivity contribution in [3.05, 3.63) is 0 Å². The Balaban J connectivity index is 2.02. The number of hydrogen-bond acceptors (Lipinski definition) is 1. The highest BCUT2D eigenvalue weighted by Crippen LogP contribution is 2.51. The Bertz CT molecular complexity index is 135. The van der Waals surface area contributed by atoms with Gasteiger partial charge in [0.1, 0.15) is 0 Å². The van der Waals surface area contributed by atoms with E-state index in [0.29, 0.717) is 0 Å². The third-order valence-electron chi connectivity index (χ3n) is 3.45. The molecule has 2 saturated carbocycles. The van der Waals surface area contributed by atoms with Gasteiger partial charge in [-0.05, 0) is 37.0 Å². The minimum atomic E-state index is 1.06. The first-order chi connectivity index (χ1) is 4.81. The lowest BCUT2D eigenvalue weighted by atomic mass is 9.90. The van der Waals surface area contributed by atoms with Crippen LogP contribution >= 0.6 is 11.2 Å². The van der Waals surface area contributed by atoms with Crippen LogP contribution in [0.1, 0.15) is 26.2 Å². The zero-order valence-corrected chi connectivity index (χ0v) is 9.66. The standard InChI is InChI=1S/C8H16SSi/c1-5-2-7-3-6(5)4-8(7)9-10/h5-8H,2-4H2,1,10H3. The van der Waals surface area contributed by atoms with E-state index in [4.69, 9.17) is 0 Å². The first kappa shape index (κ1) is 7.23. The summed E-state index contributed by atoms with van der Waals surface area (Å²) in [6.45, 7) is 2.44. The average molecular weight is 172 g/mol. The summed E-state index contributed by atoms with van der Waals surface area (Å²) >= 11 is 2.24. The highest BCUT2D eigenvalue weighted by molar-refractivity contribution is 8.20. The Hall–Kier alpha value is 0.567. The second kappa shape index (κ2) is 2.56. The first-order valence-corrected chi connectivity index (χ1v) is 8.07. The van der Waals surface area contributed by atoms with Gasteiger partial charge in [0, 0.05) is 5.25 Å². The van der Waals surface area contributed by atoms with Gasteiger partial charge in [-0.2, -0.15) is 11.2 Å². The molecular weight excluding hydrogens is 156 g/mol. The van der Waals surface area contributed by atoms with Gasteiger partial charge in [0.15, 0.2) is 0 Å². The lowest BCUT2D eigenvalue weighted by Gasteiger charge is -2.23. The molecule has 2 fully saturated rings. The van der Waals surface area contributed by atoms with Crippen LogP contribution in [-0.2, 0) is 0 Å². The molecule has 0 nitrogen and oxygen atoms in total. The predicted octanol–water partition coefficient (Wildman–Crippen LogP) is 1.43. The van der Waals surface area contributed by atoms with Crippen molar-refractivity contribution < 1.29 is 0 Å². The lowest BCUT2D eigenvalue weighted by Crippen LogP contribution is -2.17. The van der Waals surface area contributed by atoms with E-state index in [0.717, 1.165) is 23.0 Å². The molecule has 0 aromatic heterocycles. The van der Waals surface area contributed by atoms with Gasteiger partial charge < -0.3 is 0 Å². The van der Waals surface area contributed by atoms with Crippen molar-refractivity contribution in [1.29, 1.82) is 0 Å². The van der Waals surface area contributed by atoms with Gasteiger partial charge in [0.25, 0.3) is 0 Å². The molecule has 4 unspecified atom stereocenters. The fourth-order valence-corrected chi connectivity index (χ4v) is 5.58. The smallest absolute Gasteiger partial charge is 0.0698 e. The molecule has 2 aliphatic rings. The van der Waals surface area contributed by atoms with Crippen molar-refractivity contribution in [2.75, 3.05) is 0 Å². The van der Waals surface area contributed by atoms with E-state index in [1.54, 1.807) is 19.3 Å². The summed E-state index contributed by atoms with van der Waals surface area (Å²) < 4.78 is 0. The van der Waals surface area contributed by atoms with E-state index in [1.165, 1.54) is 9.39 Å². The van der Waals surface area contributed by atoms with Crippen LogP contribution in [-0.4, -0.2) is 14.6 Å². The molecule has 4 atom stereocenters. The summed E-state index contributed by atoms with van der Waals surface area (Å²) in [5, 5.41) is 1.09. The van der Waals surface area contributed by atoms with E-state index in [9.17, 15) is 0 Å². The quantitative estimate of drug-likeness (QED) is 0.539. The molecule has 2 bridgehead atoms. The average Bonchev–Trinajstić information content (AvgIpc) is 2.44. The Kier molecular flexibility index (Phi) is 1.85. The molecule has 0 N–H and O–H groups in total. The van der Waals surface area contributed by atoms with Crippen molar-refractivity contribution in [3.8, 4) is 0 Å². The van der Waals surface area contributed by atoms with E-state index < -0.39 is 0 Å². The molecule has 0 amide bonds. The largest absolute Gasteiger partial charge is 0.194 e. The molecule has 0 aliphatic heterocycles. The Labute approximate surface area is 70.2 Å². The second-order valence-electron chi connectivity index (χ2n) is 3.98. The maximum Gasteiger partial charge on any atom is 0.0698 e. The molecule has 0 radical (unpaired) electrons. The molecular formula is C8H16SSi. The molecule has 0 spiro atoms. The summed E-state index contributed by atoms with van der Waals surface area (Å²) in [6.07, 6.45) is 4.67. The maximum absolute atomic E-state index is 2.44. The van der Waals surface area contributed by atoms with Gasteiger partial charge in [0.2, 0.25) is 0 Å². The maximum atomic E-state index is 2.44. The minimum Gasteiger partial charge on any atom is -0.194 e.